The van der Waals surface area contributed by atoms with Crippen LogP contribution in [0.1, 0.15) is 8.22 Å². The van der Waals surface area contributed by atoms with Crippen LogP contribution in [0.5, 0.6) is 0 Å². The van der Waals surface area contributed by atoms with Gasteiger partial charge in [-0.2, -0.15) is 0 Å². The summed E-state index contributed by atoms with van der Waals surface area (Å²) in [6.07, 6.45) is 0. The molecule has 5 nitrogen and oxygen atoms in total. The molecule has 0 saturated heterocycles. The van der Waals surface area contributed by atoms with E-state index < -0.39 is 6.04 Å². The molecule has 0 aliphatic heterocycles. The minimum atomic E-state index is -0.419. The van der Waals surface area contributed by atoms with E-state index >= 15 is 0 Å². The van der Waals surface area contributed by atoms with Crippen molar-refractivity contribution in [2.45, 2.75) is 0 Å². The third-order valence-corrected chi connectivity index (χ3v) is 9.97. The maximum atomic E-state index is 9.48. The van der Waals surface area contributed by atoms with Crippen LogP contribution in [-0.2, 0) is 0 Å². The van der Waals surface area contributed by atoms with E-state index in [1.54, 1.807) is 0 Å². The molecule has 252 valence electrons. The summed E-state index contributed by atoms with van der Waals surface area (Å²) in [5, 5.41) is 4.83. The molecule has 0 bridgehead atoms. The predicted molar refractivity (Wildman–Crippen MR) is 221 cm³/mol. The van der Waals surface area contributed by atoms with Gasteiger partial charge in [0.1, 0.15) is 11.2 Å². The van der Waals surface area contributed by atoms with Gasteiger partial charge in [0, 0.05) is 43.9 Å². The van der Waals surface area contributed by atoms with Crippen molar-refractivity contribution >= 4 is 54.5 Å². The summed E-state index contributed by atoms with van der Waals surface area (Å²) in [5.74, 6) is 0.702. The normalized spacial score (nSPS) is 13.3. The van der Waals surface area contributed by atoms with Gasteiger partial charge in [-0.3, -0.25) is 0 Å². The lowest BCUT2D eigenvalue weighted by atomic mass is 10.0. The quantitative estimate of drug-likeness (QED) is 0.180. The summed E-state index contributed by atoms with van der Waals surface area (Å²) in [7, 11) is 0. The van der Waals surface area contributed by atoms with E-state index in [0.29, 0.717) is 28.3 Å². The monoisotopic (exact) mass is 696 g/mol. The highest BCUT2D eigenvalue weighted by molar-refractivity contribution is 6.21. The Labute approximate surface area is 318 Å². The first-order valence-electron chi connectivity index (χ1n) is 20.6. The van der Waals surface area contributed by atoms with E-state index in [-0.39, 0.29) is 69.1 Å². The molecule has 0 radical (unpaired) electrons. The van der Waals surface area contributed by atoms with E-state index in [4.69, 9.17) is 22.1 Å². The van der Waals surface area contributed by atoms with Crippen LogP contribution in [0, 0.1) is 0 Å². The Morgan fingerprint density at radius 1 is 0.444 bits per heavy atom. The van der Waals surface area contributed by atoms with Crippen molar-refractivity contribution in [1.29, 1.82) is 0 Å². The fraction of sp³-hybridized carbons (Fsp3) is 0. The zero-order valence-corrected chi connectivity index (χ0v) is 28.6. The highest BCUT2D eigenvalue weighted by Crippen LogP contribution is 2.40. The Morgan fingerprint density at radius 2 is 1.11 bits per heavy atom. The highest BCUT2D eigenvalue weighted by atomic mass is 16.3. The third-order valence-electron chi connectivity index (χ3n) is 9.97. The fourth-order valence-electron chi connectivity index (χ4n) is 7.47. The molecule has 0 saturated carbocycles. The average Bonchev–Trinajstić information content (AvgIpc) is 3.86. The first-order valence-corrected chi connectivity index (χ1v) is 17.6. The van der Waals surface area contributed by atoms with E-state index in [1.165, 1.54) is 5.39 Å². The molecule has 54 heavy (non-hydrogen) atoms. The molecule has 0 aliphatic rings. The SMILES string of the molecule is [2H]c1c([2H])c(-c2nc(-c3ccccc3)nc(-c3ccccc3)n2)c2c(oc3c([2H])c(-c4ccc(-n5c6ccccc6c6c7ccccc7ccc65)cc4)c([2H])c([2H])c32)c1[2H]. The van der Waals surface area contributed by atoms with E-state index in [2.05, 4.69) is 47.0 Å². The summed E-state index contributed by atoms with van der Waals surface area (Å²) >= 11 is 0. The lowest BCUT2D eigenvalue weighted by Gasteiger charge is -2.10. The van der Waals surface area contributed by atoms with Gasteiger partial charge in [-0.15, -0.1) is 0 Å². The summed E-state index contributed by atoms with van der Waals surface area (Å²) in [4.78, 5) is 14.4. The molecule has 0 fully saturated rings. The topological polar surface area (TPSA) is 56.7 Å². The lowest BCUT2D eigenvalue weighted by Crippen LogP contribution is -2.00. The lowest BCUT2D eigenvalue weighted by molar-refractivity contribution is 0.669. The number of hydrogen-bond acceptors (Lipinski definition) is 4. The molecule has 5 heteroatoms. The number of benzene rings is 8. The molecule has 0 spiro atoms. The van der Waals surface area contributed by atoms with Crippen LogP contribution in [0.2, 0.25) is 0 Å². The minimum absolute atomic E-state index is 0.0280. The molecule has 8 aromatic carbocycles. The van der Waals surface area contributed by atoms with Gasteiger partial charge in [0.25, 0.3) is 0 Å². The third kappa shape index (κ3) is 4.83. The van der Waals surface area contributed by atoms with Gasteiger partial charge in [0.2, 0.25) is 0 Å². The van der Waals surface area contributed by atoms with Gasteiger partial charge in [0.15, 0.2) is 17.5 Å². The molecule has 0 aliphatic carbocycles. The number of rotatable bonds is 5. The number of para-hydroxylation sites is 1. The Hall–Kier alpha value is -7.37. The molecule has 0 atom stereocenters. The minimum Gasteiger partial charge on any atom is -0.456 e. The van der Waals surface area contributed by atoms with Crippen molar-refractivity contribution in [1.82, 2.24) is 19.5 Å². The first-order chi connectivity index (χ1) is 29.3. The number of furan rings is 1. The van der Waals surface area contributed by atoms with Crippen molar-refractivity contribution in [3.8, 4) is 51.0 Å². The zero-order valence-electron chi connectivity index (χ0n) is 34.6. The van der Waals surface area contributed by atoms with Crippen LogP contribution >= 0.6 is 0 Å². The molecule has 11 rings (SSSR count). The van der Waals surface area contributed by atoms with Crippen LogP contribution in [0.4, 0.5) is 0 Å². The molecule has 11 aromatic rings. The largest absolute Gasteiger partial charge is 0.456 e. The summed E-state index contributed by atoms with van der Waals surface area (Å²) < 4.78 is 63.7. The van der Waals surface area contributed by atoms with Crippen molar-refractivity contribution in [2.75, 3.05) is 0 Å². The van der Waals surface area contributed by atoms with Crippen LogP contribution in [-0.4, -0.2) is 19.5 Å². The van der Waals surface area contributed by atoms with Crippen molar-refractivity contribution < 1.29 is 12.6 Å². The maximum absolute atomic E-state index is 9.48. The summed E-state index contributed by atoms with van der Waals surface area (Å²) in [6.45, 7) is 0. The fourth-order valence-corrected chi connectivity index (χ4v) is 7.47. The summed E-state index contributed by atoms with van der Waals surface area (Å²) in [5.41, 5.74) is 5.07. The zero-order chi connectivity index (χ0) is 40.8. The standard InChI is InChI=1S/C49H30N4O/c1-3-13-33(14-4-1)47-50-48(34-15-5-2-6-16-34)52-49(51-47)40-19-11-21-43-46(40)39-28-24-35(30-44(39)54-43)31-22-26-36(27-23-31)53-41-20-10-9-18-38(41)45-37-17-8-7-12-32(37)25-29-42(45)53/h1-30H/i11D,19D,21D,24D,28D,30D. The molecule has 3 heterocycles. The number of fused-ring (bicyclic) bond motifs is 8. The first kappa shape index (κ1) is 24.8. The second kappa shape index (κ2) is 12.1. The van der Waals surface area contributed by atoms with Crippen molar-refractivity contribution in [2.24, 2.45) is 0 Å². The summed E-state index contributed by atoms with van der Waals surface area (Å²) in [6, 6.07) is 45.5. The van der Waals surface area contributed by atoms with Gasteiger partial charge >= 0.3 is 0 Å². The Balaban J connectivity index is 1.11. The molecular formula is C49H30N4O. The van der Waals surface area contributed by atoms with Crippen LogP contribution in [0.15, 0.2) is 186 Å². The number of aromatic nitrogens is 4. The smallest absolute Gasteiger partial charge is 0.164 e. The second-order valence-corrected chi connectivity index (χ2v) is 13.1. The van der Waals surface area contributed by atoms with Gasteiger partial charge in [-0.1, -0.05) is 139 Å². The van der Waals surface area contributed by atoms with Gasteiger partial charge < -0.3 is 8.98 Å². The van der Waals surface area contributed by atoms with Crippen LogP contribution < -0.4 is 0 Å². The predicted octanol–water partition coefficient (Wildman–Crippen LogP) is 12.7. The molecule has 3 aromatic heterocycles. The number of hydrogen-bond donors (Lipinski definition) is 0. The highest BCUT2D eigenvalue weighted by Gasteiger charge is 2.19. The number of nitrogens with zero attached hydrogens (tertiary/aromatic N) is 4. The molecule has 0 amide bonds. The maximum Gasteiger partial charge on any atom is 0.164 e. The molecular weight excluding hydrogens is 661 g/mol. The van der Waals surface area contributed by atoms with Crippen LogP contribution in [0.3, 0.4) is 0 Å². The van der Waals surface area contributed by atoms with E-state index in [1.807, 2.05) is 103 Å². The van der Waals surface area contributed by atoms with Crippen molar-refractivity contribution in [3.05, 3.63) is 182 Å². The van der Waals surface area contributed by atoms with Gasteiger partial charge in [0.05, 0.1) is 19.3 Å². The molecule has 0 unspecified atom stereocenters. The Morgan fingerprint density at radius 3 is 1.87 bits per heavy atom. The molecule has 0 N–H and O–H groups in total. The van der Waals surface area contributed by atoms with E-state index in [9.17, 15) is 5.48 Å². The Kier molecular flexibility index (Phi) is 5.55. The average molecular weight is 697 g/mol. The van der Waals surface area contributed by atoms with Crippen LogP contribution in [0.25, 0.3) is 105 Å². The van der Waals surface area contributed by atoms with Gasteiger partial charge in [-0.05, 0) is 64.3 Å². The van der Waals surface area contributed by atoms with Gasteiger partial charge in [-0.25, -0.2) is 15.0 Å². The van der Waals surface area contributed by atoms with Crippen molar-refractivity contribution in [3.63, 3.8) is 0 Å². The second-order valence-electron chi connectivity index (χ2n) is 13.1. The Bertz CT molecular complexity index is 3490. The van der Waals surface area contributed by atoms with E-state index in [0.717, 1.165) is 32.9 Å².